The molecule has 1 saturated heterocycles. The summed E-state index contributed by atoms with van der Waals surface area (Å²) in [7, 11) is 1.41. The molecule has 0 amide bonds. The van der Waals surface area contributed by atoms with E-state index in [1.54, 1.807) is 6.92 Å². The number of esters is 1. The van der Waals surface area contributed by atoms with Crippen LogP contribution in [0.4, 0.5) is 5.69 Å². The number of carbonyl (C=O) groups excluding carboxylic acids is 2. The number of anilines is 1. The SMILES string of the molecule is COC(=O)CCN1CCC(Nc2ccccc2)(C(C)=O)CC1. The van der Waals surface area contributed by atoms with Crippen LogP contribution in [-0.4, -0.2) is 48.9 Å². The second-order valence-corrected chi connectivity index (χ2v) is 5.80. The molecule has 1 fully saturated rings. The van der Waals surface area contributed by atoms with Crippen LogP contribution in [0.25, 0.3) is 0 Å². The number of Topliss-reactive ketones (excluding diaryl/α,β-unsaturated/α-hetero) is 1. The van der Waals surface area contributed by atoms with Gasteiger partial charge in [0, 0.05) is 25.3 Å². The fraction of sp³-hybridized carbons (Fsp3) is 0.529. The third kappa shape index (κ3) is 4.07. The molecule has 0 aromatic heterocycles. The predicted molar refractivity (Wildman–Crippen MR) is 85.8 cm³/mol. The van der Waals surface area contributed by atoms with Crippen molar-refractivity contribution in [1.82, 2.24) is 4.90 Å². The van der Waals surface area contributed by atoms with Gasteiger partial charge in [0.25, 0.3) is 0 Å². The van der Waals surface area contributed by atoms with Crippen molar-refractivity contribution >= 4 is 17.4 Å². The van der Waals surface area contributed by atoms with Gasteiger partial charge in [-0.1, -0.05) is 18.2 Å². The molecule has 5 heteroatoms. The topological polar surface area (TPSA) is 58.6 Å². The Morgan fingerprint density at radius 3 is 2.41 bits per heavy atom. The summed E-state index contributed by atoms with van der Waals surface area (Å²) in [6.07, 6.45) is 1.90. The van der Waals surface area contributed by atoms with Crippen LogP contribution in [0.3, 0.4) is 0 Å². The Bertz CT molecular complexity index is 508. The second-order valence-electron chi connectivity index (χ2n) is 5.80. The highest BCUT2D eigenvalue weighted by Gasteiger charge is 2.38. The minimum Gasteiger partial charge on any atom is -0.469 e. The lowest BCUT2D eigenvalue weighted by atomic mass is 9.83. The number of para-hydroxylation sites is 1. The van der Waals surface area contributed by atoms with Gasteiger partial charge in [-0.15, -0.1) is 0 Å². The van der Waals surface area contributed by atoms with E-state index >= 15 is 0 Å². The number of nitrogens with zero attached hydrogens (tertiary/aromatic N) is 1. The Kier molecular flexibility index (Phi) is 5.55. The van der Waals surface area contributed by atoms with Gasteiger partial charge in [-0.25, -0.2) is 0 Å². The molecule has 1 aromatic carbocycles. The zero-order valence-electron chi connectivity index (χ0n) is 13.3. The Hall–Kier alpha value is -1.88. The van der Waals surface area contributed by atoms with E-state index in [1.807, 2.05) is 30.3 Å². The van der Waals surface area contributed by atoms with Crippen LogP contribution in [0, 0.1) is 0 Å². The second kappa shape index (κ2) is 7.40. The van der Waals surface area contributed by atoms with Gasteiger partial charge in [0.2, 0.25) is 0 Å². The summed E-state index contributed by atoms with van der Waals surface area (Å²) in [5, 5.41) is 3.42. The Labute approximate surface area is 131 Å². The van der Waals surface area contributed by atoms with Crippen molar-refractivity contribution in [1.29, 1.82) is 0 Å². The van der Waals surface area contributed by atoms with Crippen molar-refractivity contribution < 1.29 is 14.3 Å². The molecule has 1 N–H and O–H groups in total. The van der Waals surface area contributed by atoms with Crippen LogP contribution < -0.4 is 5.32 Å². The van der Waals surface area contributed by atoms with Crippen molar-refractivity contribution in [2.24, 2.45) is 0 Å². The summed E-state index contributed by atoms with van der Waals surface area (Å²) in [6.45, 7) is 3.94. The minimum atomic E-state index is -0.497. The first kappa shape index (κ1) is 16.5. The van der Waals surface area contributed by atoms with E-state index in [9.17, 15) is 9.59 Å². The maximum atomic E-state index is 12.2. The van der Waals surface area contributed by atoms with E-state index in [-0.39, 0.29) is 11.8 Å². The summed E-state index contributed by atoms with van der Waals surface area (Å²) >= 11 is 0. The zero-order valence-corrected chi connectivity index (χ0v) is 13.3. The minimum absolute atomic E-state index is 0.170. The molecule has 1 heterocycles. The fourth-order valence-corrected chi connectivity index (χ4v) is 2.87. The number of ketones is 1. The number of carbonyl (C=O) groups is 2. The van der Waals surface area contributed by atoms with E-state index in [4.69, 9.17) is 0 Å². The Morgan fingerprint density at radius 2 is 1.86 bits per heavy atom. The van der Waals surface area contributed by atoms with E-state index in [2.05, 4.69) is 15.0 Å². The first-order chi connectivity index (χ1) is 10.6. The number of rotatable bonds is 6. The standard InChI is InChI=1S/C17H24N2O3/c1-14(20)17(18-15-6-4-3-5-7-15)9-12-19(13-10-17)11-8-16(21)22-2/h3-7,18H,8-13H2,1-2H3. The lowest BCUT2D eigenvalue weighted by Gasteiger charge is -2.41. The zero-order chi connectivity index (χ0) is 16.0. The number of piperidine rings is 1. The molecule has 0 spiro atoms. The monoisotopic (exact) mass is 304 g/mol. The summed E-state index contributed by atoms with van der Waals surface area (Å²) in [4.78, 5) is 25.6. The van der Waals surface area contributed by atoms with Gasteiger partial charge < -0.3 is 15.0 Å². The molecule has 0 bridgehead atoms. The molecule has 0 unspecified atom stereocenters. The molecule has 5 nitrogen and oxygen atoms in total. The van der Waals surface area contributed by atoms with Crippen LogP contribution in [0.1, 0.15) is 26.2 Å². The van der Waals surface area contributed by atoms with Crippen LogP contribution in [-0.2, 0) is 14.3 Å². The van der Waals surface area contributed by atoms with Crippen molar-refractivity contribution in [2.45, 2.75) is 31.7 Å². The smallest absolute Gasteiger partial charge is 0.306 e. The lowest BCUT2D eigenvalue weighted by Crippen LogP contribution is -2.53. The maximum absolute atomic E-state index is 12.2. The third-order valence-corrected chi connectivity index (χ3v) is 4.40. The van der Waals surface area contributed by atoms with Crippen molar-refractivity contribution in [2.75, 3.05) is 32.1 Å². The van der Waals surface area contributed by atoms with Crippen molar-refractivity contribution in [3.05, 3.63) is 30.3 Å². The van der Waals surface area contributed by atoms with Crippen molar-refractivity contribution in [3.63, 3.8) is 0 Å². The number of hydrogen-bond acceptors (Lipinski definition) is 5. The molecule has 1 aromatic rings. The van der Waals surface area contributed by atoms with Crippen molar-refractivity contribution in [3.8, 4) is 0 Å². The molecule has 0 radical (unpaired) electrons. The number of ether oxygens (including phenoxy) is 1. The quantitative estimate of drug-likeness (QED) is 0.816. The fourth-order valence-electron chi connectivity index (χ4n) is 2.87. The predicted octanol–water partition coefficient (Wildman–Crippen LogP) is 2.09. The summed E-state index contributed by atoms with van der Waals surface area (Å²) in [5.74, 6) is -0.0187. The normalized spacial score (nSPS) is 17.7. The van der Waals surface area contributed by atoms with Gasteiger partial charge in [0.05, 0.1) is 19.1 Å². The van der Waals surface area contributed by atoms with Crippen LogP contribution in [0.5, 0.6) is 0 Å². The average Bonchev–Trinajstić information content (AvgIpc) is 2.54. The Morgan fingerprint density at radius 1 is 1.23 bits per heavy atom. The first-order valence-electron chi connectivity index (χ1n) is 7.69. The number of methoxy groups -OCH3 is 1. The van der Waals surface area contributed by atoms with E-state index in [0.29, 0.717) is 13.0 Å². The average molecular weight is 304 g/mol. The highest BCUT2D eigenvalue weighted by molar-refractivity contribution is 5.89. The molecule has 2 rings (SSSR count). The first-order valence-corrected chi connectivity index (χ1v) is 7.69. The van der Waals surface area contributed by atoms with Gasteiger partial charge in [0.1, 0.15) is 0 Å². The maximum Gasteiger partial charge on any atom is 0.306 e. The largest absolute Gasteiger partial charge is 0.469 e. The van der Waals surface area contributed by atoms with Gasteiger partial charge in [-0.3, -0.25) is 9.59 Å². The van der Waals surface area contributed by atoms with Gasteiger partial charge in [-0.05, 0) is 31.9 Å². The molecule has 0 aliphatic carbocycles. The lowest BCUT2D eigenvalue weighted by molar-refractivity contribution is -0.141. The van der Waals surface area contributed by atoms with E-state index in [0.717, 1.165) is 31.6 Å². The molecule has 120 valence electrons. The molecular formula is C17H24N2O3. The molecule has 0 saturated carbocycles. The summed E-state index contributed by atoms with van der Waals surface area (Å²) < 4.78 is 4.67. The van der Waals surface area contributed by atoms with Gasteiger partial charge in [0.15, 0.2) is 5.78 Å². The van der Waals surface area contributed by atoms with Crippen LogP contribution >= 0.6 is 0 Å². The van der Waals surface area contributed by atoms with Gasteiger partial charge in [-0.2, -0.15) is 0 Å². The summed E-state index contributed by atoms with van der Waals surface area (Å²) in [5.41, 5.74) is 0.476. The molecule has 1 aliphatic heterocycles. The highest BCUT2D eigenvalue weighted by Crippen LogP contribution is 2.28. The highest BCUT2D eigenvalue weighted by atomic mass is 16.5. The van der Waals surface area contributed by atoms with E-state index in [1.165, 1.54) is 7.11 Å². The van der Waals surface area contributed by atoms with Gasteiger partial charge >= 0.3 is 5.97 Å². The number of likely N-dealkylation sites (tertiary alicyclic amines) is 1. The molecule has 1 aliphatic rings. The van der Waals surface area contributed by atoms with E-state index < -0.39 is 5.54 Å². The molecular weight excluding hydrogens is 280 g/mol. The molecule has 0 atom stereocenters. The third-order valence-electron chi connectivity index (χ3n) is 4.40. The van der Waals surface area contributed by atoms with Crippen LogP contribution in [0.2, 0.25) is 0 Å². The molecule has 22 heavy (non-hydrogen) atoms. The Balaban J connectivity index is 1.95. The number of hydrogen-bond donors (Lipinski definition) is 1. The number of nitrogens with one attached hydrogen (secondary N) is 1. The van der Waals surface area contributed by atoms with Crippen LogP contribution in [0.15, 0.2) is 30.3 Å². The number of benzene rings is 1. The summed E-state index contributed by atoms with van der Waals surface area (Å²) in [6, 6.07) is 9.84.